The molecule has 2 aromatic rings. The number of ether oxygens (including phenoxy) is 3. The number of carbonyl (C=O) groups is 1. The molecule has 0 aromatic heterocycles. The highest BCUT2D eigenvalue weighted by molar-refractivity contribution is 7.89. The summed E-state index contributed by atoms with van der Waals surface area (Å²) in [5.41, 5.74) is 0.462. The van der Waals surface area contributed by atoms with E-state index in [1.54, 1.807) is 25.1 Å². The molecule has 10 heteroatoms. The van der Waals surface area contributed by atoms with Crippen LogP contribution in [0.1, 0.15) is 13.8 Å². The first-order chi connectivity index (χ1) is 13.3. The van der Waals surface area contributed by atoms with Gasteiger partial charge in [0.05, 0.1) is 22.6 Å². The highest BCUT2D eigenvalue weighted by Gasteiger charge is 2.23. The third kappa shape index (κ3) is 4.49. The van der Waals surface area contributed by atoms with Crippen LogP contribution in [0.25, 0.3) is 0 Å². The molecule has 1 amide bonds. The summed E-state index contributed by atoms with van der Waals surface area (Å²) in [6.07, 6.45) is 0. The zero-order valence-electron chi connectivity index (χ0n) is 15.2. The molecule has 1 aliphatic rings. The van der Waals surface area contributed by atoms with E-state index in [4.69, 9.17) is 25.8 Å². The normalized spacial score (nSPS) is 13.8. The predicted molar refractivity (Wildman–Crippen MR) is 104 cm³/mol. The third-order valence-corrected chi connectivity index (χ3v) is 5.71. The molecule has 28 heavy (non-hydrogen) atoms. The SMILES string of the molecule is CCOc1ccc(S(=O)(=O)N[C@@H](C)C(=O)Nc2ccc3c(c2)OCO3)cc1Cl. The van der Waals surface area contributed by atoms with Gasteiger partial charge in [0, 0.05) is 11.8 Å². The van der Waals surface area contributed by atoms with Crippen LogP contribution in [0.4, 0.5) is 5.69 Å². The summed E-state index contributed by atoms with van der Waals surface area (Å²) in [7, 11) is -3.96. The number of halogens is 1. The molecule has 0 aliphatic carbocycles. The zero-order chi connectivity index (χ0) is 20.3. The summed E-state index contributed by atoms with van der Waals surface area (Å²) in [5, 5.41) is 2.80. The molecule has 0 unspecified atom stereocenters. The summed E-state index contributed by atoms with van der Waals surface area (Å²) in [4.78, 5) is 12.3. The van der Waals surface area contributed by atoms with Gasteiger partial charge in [-0.05, 0) is 44.2 Å². The number of hydrogen-bond acceptors (Lipinski definition) is 6. The standard InChI is InChI=1S/C18H19ClN2O6S/c1-3-25-15-7-5-13(9-14(15)19)28(23,24)21-11(2)18(22)20-12-4-6-16-17(8-12)27-10-26-16/h4-9,11,21H,3,10H2,1-2H3,(H,20,22)/t11-/m0/s1. The highest BCUT2D eigenvalue weighted by Crippen LogP contribution is 2.34. The molecule has 2 aromatic carbocycles. The van der Waals surface area contributed by atoms with Gasteiger partial charge in [0.1, 0.15) is 5.75 Å². The number of carbonyl (C=O) groups excluding carboxylic acids is 1. The second-order valence-corrected chi connectivity index (χ2v) is 8.05. The number of benzene rings is 2. The fourth-order valence-electron chi connectivity index (χ4n) is 2.50. The highest BCUT2D eigenvalue weighted by atomic mass is 35.5. The maximum atomic E-state index is 12.5. The van der Waals surface area contributed by atoms with Crippen LogP contribution in [0, 0.1) is 0 Å². The second kappa shape index (κ2) is 8.26. The minimum absolute atomic E-state index is 0.0660. The van der Waals surface area contributed by atoms with Gasteiger partial charge in [0.2, 0.25) is 22.7 Å². The molecule has 0 saturated carbocycles. The molecule has 1 aliphatic heterocycles. The van der Waals surface area contributed by atoms with Gasteiger partial charge in [0.25, 0.3) is 0 Å². The van der Waals surface area contributed by atoms with Crippen molar-refractivity contribution >= 4 is 33.2 Å². The first kappa shape index (κ1) is 20.2. The topological polar surface area (TPSA) is 103 Å². The summed E-state index contributed by atoms with van der Waals surface area (Å²) >= 11 is 6.05. The Morgan fingerprint density at radius 2 is 1.96 bits per heavy atom. The van der Waals surface area contributed by atoms with E-state index in [2.05, 4.69) is 10.0 Å². The van der Waals surface area contributed by atoms with Gasteiger partial charge < -0.3 is 19.5 Å². The maximum absolute atomic E-state index is 12.5. The van der Waals surface area contributed by atoms with E-state index in [0.717, 1.165) is 0 Å². The van der Waals surface area contributed by atoms with E-state index >= 15 is 0 Å². The van der Waals surface area contributed by atoms with Crippen molar-refractivity contribution in [3.8, 4) is 17.2 Å². The fourth-order valence-corrected chi connectivity index (χ4v) is 4.03. The number of anilines is 1. The van der Waals surface area contributed by atoms with Crippen LogP contribution in [0.3, 0.4) is 0 Å². The van der Waals surface area contributed by atoms with Gasteiger partial charge in [-0.15, -0.1) is 0 Å². The van der Waals surface area contributed by atoms with Crippen LogP contribution in [0.15, 0.2) is 41.3 Å². The van der Waals surface area contributed by atoms with Crippen molar-refractivity contribution in [3.05, 3.63) is 41.4 Å². The number of amides is 1. The molecule has 0 fully saturated rings. The molecule has 8 nitrogen and oxygen atoms in total. The number of fused-ring (bicyclic) bond motifs is 1. The van der Waals surface area contributed by atoms with Crippen LogP contribution in [-0.4, -0.2) is 33.8 Å². The molecular weight excluding hydrogens is 408 g/mol. The van der Waals surface area contributed by atoms with Gasteiger partial charge in [-0.2, -0.15) is 4.72 Å². The lowest BCUT2D eigenvalue weighted by Crippen LogP contribution is -2.41. The van der Waals surface area contributed by atoms with Crippen molar-refractivity contribution in [1.82, 2.24) is 4.72 Å². The van der Waals surface area contributed by atoms with Crippen LogP contribution >= 0.6 is 11.6 Å². The molecule has 2 N–H and O–H groups in total. The van der Waals surface area contributed by atoms with Gasteiger partial charge in [-0.1, -0.05) is 11.6 Å². The maximum Gasteiger partial charge on any atom is 0.242 e. The molecule has 1 heterocycles. The molecule has 150 valence electrons. The Bertz CT molecular complexity index is 996. The third-order valence-electron chi connectivity index (χ3n) is 3.88. The zero-order valence-corrected chi connectivity index (χ0v) is 16.8. The smallest absolute Gasteiger partial charge is 0.242 e. The van der Waals surface area contributed by atoms with E-state index in [-0.39, 0.29) is 16.7 Å². The van der Waals surface area contributed by atoms with Crippen molar-refractivity contribution in [2.24, 2.45) is 0 Å². The first-order valence-electron chi connectivity index (χ1n) is 8.45. The Hall–Kier alpha value is -2.49. The van der Waals surface area contributed by atoms with Crippen LogP contribution < -0.4 is 24.2 Å². The fraction of sp³-hybridized carbons (Fsp3) is 0.278. The molecule has 0 saturated heterocycles. The minimum Gasteiger partial charge on any atom is -0.492 e. The largest absolute Gasteiger partial charge is 0.492 e. The van der Waals surface area contributed by atoms with Gasteiger partial charge in [0.15, 0.2) is 11.5 Å². The van der Waals surface area contributed by atoms with E-state index in [0.29, 0.717) is 29.5 Å². The Balaban J connectivity index is 1.68. The number of hydrogen-bond donors (Lipinski definition) is 2. The van der Waals surface area contributed by atoms with Crippen LogP contribution in [-0.2, 0) is 14.8 Å². The predicted octanol–water partition coefficient (Wildman–Crippen LogP) is 2.77. The van der Waals surface area contributed by atoms with E-state index in [1.807, 2.05) is 0 Å². The molecular formula is C18H19ClN2O6S. The summed E-state index contributed by atoms with van der Waals surface area (Å²) in [6.45, 7) is 3.76. The van der Waals surface area contributed by atoms with E-state index in [9.17, 15) is 13.2 Å². The second-order valence-electron chi connectivity index (χ2n) is 5.93. The van der Waals surface area contributed by atoms with Gasteiger partial charge in [-0.3, -0.25) is 4.79 Å². The first-order valence-corrected chi connectivity index (χ1v) is 10.3. The number of nitrogens with one attached hydrogen (secondary N) is 2. The van der Waals surface area contributed by atoms with E-state index in [1.165, 1.54) is 25.1 Å². The quantitative estimate of drug-likeness (QED) is 0.705. The van der Waals surface area contributed by atoms with Gasteiger partial charge in [-0.25, -0.2) is 8.42 Å². The Morgan fingerprint density at radius 1 is 1.21 bits per heavy atom. The lowest BCUT2D eigenvalue weighted by Gasteiger charge is -2.15. The van der Waals surface area contributed by atoms with Crippen molar-refractivity contribution in [2.45, 2.75) is 24.8 Å². The van der Waals surface area contributed by atoms with Gasteiger partial charge >= 0.3 is 0 Å². The van der Waals surface area contributed by atoms with Crippen molar-refractivity contribution < 1.29 is 27.4 Å². The average molecular weight is 427 g/mol. The summed E-state index contributed by atoms with van der Waals surface area (Å²) in [6, 6.07) is 7.98. The summed E-state index contributed by atoms with van der Waals surface area (Å²) < 4.78 is 43.2. The minimum atomic E-state index is -3.96. The number of sulfonamides is 1. The molecule has 0 radical (unpaired) electrons. The Morgan fingerprint density at radius 3 is 2.68 bits per heavy atom. The molecule has 0 bridgehead atoms. The van der Waals surface area contributed by atoms with Crippen molar-refractivity contribution in [3.63, 3.8) is 0 Å². The lowest BCUT2D eigenvalue weighted by atomic mass is 10.2. The van der Waals surface area contributed by atoms with Crippen LogP contribution in [0.2, 0.25) is 5.02 Å². The van der Waals surface area contributed by atoms with Crippen molar-refractivity contribution in [2.75, 3.05) is 18.7 Å². The monoisotopic (exact) mass is 426 g/mol. The van der Waals surface area contributed by atoms with E-state index < -0.39 is 22.0 Å². The lowest BCUT2D eigenvalue weighted by molar-refractivity contribution is -0.117. The molecule has 0 spiro atoms. The summed E-state index contributed by atoms with van der Waals surface area (Å²) in [5.74, 6) is 0.949. The molecule has 1 atom stereocenters. The Labute approximate surface area is 167 Å². The Kier molecular flexibility index (Phi) is 5.97. The average Bonchev–Trinajstić information content (AvgIpc) is 3.11. The number of rotatable bonds is 7. The van der Waals surface area contributed by atoms with Crippen LogP contribution in [0.5, 0.6) is 17.2 Å². The van der Waals surface area contributed by atoms with Crippen molar-refractivity contribution in [1.29, 1.82) is 0 Å². The molecule has 3 rings (SSSR count).